The fraction of sp³-hybridized carbons (Fsp3) is 0. The van der Waals surface area contributed by atoms with Crippen molar-refractivity contribution >= 4 is 32.5 Å². The van der Waals surface area contributed by atoms with Gasteiger partial charge < -0.3 is 5.73 Å². The molecular weight excluding hydrogens is 235 g/mol. The summed E-state index contributed by atoms with van der Waals surface area (Å²) in [5.41, 5.74) is 5.54. The Kier molecular flexibility index (Phi) is 1.92. The largest absolute Gasteiger partial charge is 0.383 e. The summed E-state index contributed by atoms with van der Waals surface area (Å²) in [7, 11) is 0. The van der Waals surface area contributed by atoms with Crippen LogP contribution in [0.15, 0.2) is 28.9 Å². The molecule has 0 aliphatic carbocycles. The predicted molar refractivity (Wildman–Crippen MR) is 53.8 cm³/mol. The Labute approximate surface area is 82.7 Å². The van der Waals surface area contributed by atoms with E-state index in [1.54, 1.807) is 18.3 Å². The van der Waals surface area contributed by atoms with E-state index in [1.165, 1.54) is 6.07 Å². The molecule has 0 saturated carbocycles. The zero-order valence-corrected chi connectivity index (χ0v) is 8.18. The molecule has 2 rings (SSSR count). The van der Waals surface area contributed by atoms with E-state index in [0.29, 0.717) is 9.86 Å². The van der Waals surface area contributed by atoms with Gasteiger partial charge in [0.25, 0.3) is 0 Å². The van der Waals surface area contributed by atoms with E-state index in [0.717, 1.165) is 5.39 Å². The second-order valence-electron chi connectivity index (χ2n) is 2.68. The van der Waals surface area contributed by atoms with Crippen molar-refractivity contribution in [3.05, 3.63) is 34.7 Å². The summed E-state index contributed by atoms with van der Waals surface area (Å²) < 4.78 is 14.1. The Morgan fingerprint density at radius 3 is 2.92 bits per heavy atom. The van der Waals surface area contributed by atoms with E-state index in [9.17, 15) is 4.39 Å². The number of benzene rings is 1. The van der Waals surface area contributed by atoms with Gasteiger partial charge in [-0.1, -0.05) is 15.9 Å². The number of rotatable bonds is 0. The summed E-state index contributed by atoms with van der Waals surface area (Å²) in [6, 6.07) is 4.90. The molecule has 0 radical (unpaired) electrons. The molecular formula is C9H6BrFN2. The van der Waals surface area contributed by atoms with Crippen molar-refractivity contribution in [1.82, 2.24) is 4.98 Å². The fourth-order valence-electron chi connectivity index (χ4n) is 1.26. The lowest BCUT2D eigenvalue weighted by molar-refractivity contribution is 0.639. The number of hydrogen-bond acceptors (Lipinski definition) is 2. The molecule has 1 aromatic carbocycles. The molecule has 0 spiro atoms. The zero-order chi connectivity index (χ0) is 9.42. The maximum absolute atomic E-state index is 13.4. The monoisotopic (exact) mass is 240 g/mol. The second-order valence-corrected chi connectivity index (χ2v) is 3.60. The van der Waals surface area contributed by atoms with Gasteiger partial charge in [-0.15, -0.1) is 0 Å². The summed E-state index contributed by atoms with van der Waals surface area (Å²) in [6.07, 6.45) is 1.56. The average molecular weight is 241 g/mol. The minimum absolute atomic E-state index is 0.225. The third-order valence-corrected chi connectivity index (χ3v) is 2.27. The molecule has 0 saturated heterocycles. The van der Waals surface area contributed by atoms with Crippen LogP contribution >= 0.6 is 15.9 Å². The van der Waals surface area contributed by atoms with Crippen molar-refractivity contribution in [2.24, 2.45) is 0 Å². The van der Waals surface area contributed by atoms with Gasteiger partial charge in [0.15, 0.2) is 0 Å². The van der Waals surface area contributed by atoms with E-state index in [4.69, 9.17) is 5.73 Å². The number of hydrogen-bond donors (Lipinski definition) is 1. The Hall–Kier alpha value is -1.16. The van der Waals surface area contributed by atoms with Crippen LogP contribution in [0.2, 0.25) is 0 Å². The summed E-state index contributed by atoms with van der Waals surface area (Å²) in [6.45, 7) is 0. The fourth-order valence-corrected chi connectivity index (χ4v) is 1.71. The standard InChI is InChI=1S/C9H6BrFN2/c10-6-3-5-1-2-13-9(12)8(5)7(11)4-6/h1-4H,(H2,12,13). The Bertz CT molecular complexity index is 470. The van der Waals surface area contributed by atoms with Crippen molar-refractivity contribution in [2.45, 2.75) is 0 Å². The van der Waals surface area contributed by atoms with E-state index < -0.39 is 0 Å². The molecule has 0 aliphatic heterocycles. The molecule has 0 atom stereocenters. The van der Waals surface area contributed by atoms with Crippen LogP contribution in [0.5, 0.6) is 0 Å². The van der Waals surface area contributed by atoms with E-state index in [1.807, 2.05) is 0 Å². The number of halogens is 2. The lowest BCUT2D eigenvalue weighted by Gasteiger charge is -2.02. The molecule has 2 N–H and O–H groups in total. The number of nitrogen functional groups attached to an aromatic ring is 1. The van der Waals surface area contributed by atoms with E-state index in [2.05, 4.69) is 20.9 Å². The van der Waals surface area contributed by atoms with Gasteiger partial charge in [-0.2, -0.15) is 0 Å². The van der Waals surface area contributed by atoms with Crippen molar-refractivity contribution in [3.63, 3.8) is 0 Å². The number of aromatic nitrogens is 1. The zero-order valence-electron chi connectivity index (χ0n) is 6.59. The van der Waals surface area contributed by atoms with Crippen LogP contribution in [0.4, 0.5) is 10.2 Å². The molecule has 0 aliphatic rings. The van der Waals surface area contributed by atoms with E-state index >= 15 is 0 Å². The van der Waals surface area contributed by atoms with Crippen LogP contribution in [0, 0.1) is 5.82 Å². The molecule has 1 heterocycles. The van der Waals surface area contributed by atoms with Crippen LogP contribution in [0.1, 0.15) is 0 Å². The summed E-state index contributed by atoms with van der Waals surface area (Å²) in [5, 5.41) is 1.13. The van der Waals surface area contributed by atoms with Gasteiger partial charge >= 0.3 is 0 Å². The lowest BCUT2D eigenvalue weighted by atomic mass is 10.1. The maximum atomic E-state index is 13.4. The Balaban J connectivity index is 2.94. The quantitative estimate of drug-likeness (QED) is 0.770. The van der Waals surface area contributed by atoms with Crippen molar-refractivity contribution in [2.75, 3.05) is 5.73 Å². The van der Waals surface area contributed by atoms with Crippen LogP contribution in [0.25, 0.3) is 10.8 Å². The smallest absolute Gasteiger partial charge is 0.135 e. The highest BCUT2D eigenvalue weighted by atomic mass is 79.9. The first kappa shape index (κ1) is 8.44. The summed E-state index contributed by atoms with van der Waals surface area (Å²) in [5.74, 6) is -0.127. The topological polar surface area (TPSA) is 38.9 Å². The highest BCUT2D eigenvalue weighted by molar-refractivity contribution is 9.10. The normalized spacial score (nSPS) is 10.6. The molecule has 0 fully saturated rings. The number of nitrogens with two attached hydrogens (primary N) is 1. The highest BCUT2D eigenvalue weighted by Crippen LogP contribution is 2.25. The molecule has 2 nitrogen and oxygen atoms in total. The molecule has 2 aromatic rings. The van der Waals surface area contributed by atoms with Gasteiger partial charge in [-0.05, 0) is 23.6 Å². The number of fused-ring (bicyclic) bond motifs is 1. The maximum Gasteiger partial charge on any atom is 0.135 e. The summed E-state index contributed by atoms with van der Waals surface area (Å²) in [4.78, 5) is 3.82. The summed E-state index contributed by atoms with van der Waals surface area (Å²) >= 11 is 3.21. The molecule has 1 aromatic heterocycles. The molecule has 13 heavy (non-hydrogen) atoms. The Morgan fingerprint density at radius 1 is 1.38 bits per heavy atom. The molecule has 66 valence electrons. The molecule has 0 amide bonds. The van der Waals surface area contributed by atoms with Gasteiger partial charge in [0.05, 0.1) is 5.39 Å². The van der Waals surface area contributed by atoms with Crippen LogP contribution in [-0.4, -0.2) is 4.98 Å². The third kappa shape index (κ3) is 1.37. The van der Waals surface area contributed by atoms with Crippen LogP contribution in [0.3, 0.4) is 0 Å². The number of nitrogens with zero attached hydrogens (tertiary/aromatic N) is 1. The first-order chi connectivity index (χ1) is 6.18. The van der Waals surface area contributed by atoms with Crippen LogP contribution in [-0.2, 0) is 0 Å². The van der Waals surface area contributed by atoms with Crippen molar-refractivity contribution in [1.29, 1.82) is 0 Å². The number of anilines is 1. The van der Waals surface area contributed by atoms with Gasteiger partial charge in [0, 0.05) is 10.7 Å². The van der Waals surface area contributed by atoms with Gasteiger partial charge in [0.1, 0.15) is 11.6 Å². The Morgan fingerprint density at radius 2 is 2.15 bits per heavy atom. The minimum Gasteiger partial charge on any atom is -0.383 e. The third-order valence-electron chi connectivity index (χ3n) is 1.81. The van der Waals surface area contributed by atoms with Crippen molar-refractivity contribution < 1.29 is 4.39 Å². The first-order valence-electron chi connectivity index (χ1n) is 3.68. The van der Waals surface area contributed by atoms with Gasteiger partial charge in [-0.25, -0.2) is 9.37 Å². The van der Waals surface area contributed by atoms with Crippen molar-refractivity contribution in [3.8, 4) is 0 Å². The highest BCUT2D eigenvalue weighted by Gasteiger charge is 2.05. The van der Waals surface area contributed by atoms with Crippen LogP contribution < -0.4 is 5.73 Å². The molecule has 0 unspecified atom stereocenters. The second kappa shape index (κ2) is 2.96. The minimum atomic E-state index is -0.352. The predicted octanol–water partition coefficient (Wildman–Crippen LogP) is 2.72. The van der Waals surface area contributed by atoms with Gasteiger partial charge in [0.2, 0.25) is 0 Å². The average Bonchev–Trinajstić information content (AvgIpc) is 2.02. The molecule has 4 heteroatoms. The SMILES string of the molecule is Nc1nccc2cc(Br)cc(F)c12. The lowest BCUT2D eigenvalue weighted by Crippen LogP contribution is -1.93. The van der Waals surface area contributed by atoms with E-state index in [-0.39, 0.29) is 11.6 Å². The first-order valence-corrected chi connectivity index (χ1v) is 4.47. The molecule has 0 bridgehead atoms. The number of pyridine rings is 1. The van der Waals surface area contributed by atoms with Gasteiger partial charge in [-0.3, -0.25) is 0 Å².